The summed E-state index contributed by atoms with van der Waals surface area (Å²) in [6.45, 7) is 0. The van der Waals surface area contributed by atoms with E-state index in [0.717, 1.165) is 10.9 Å². The number of aromatic hydroxyl groups is 1. The second-order valence-corrected chi connectivity index (χ2v) is 2.55. The first-order chi connectivity index (χ1) is 5.81. The average molecular weight is 158 g/mol. The molecule has 1 heterocycles. The maximum atomic E-state index is 9.26. The maximum absolute atomic E-state index is 9.26. The van der Waals surface area contributed by atoms with Gasteiger partial charge in [-0.1, -0.05) is 0 Å². The summed E-state index contributed by atoms with van der Waals surface area (Å²) in [5.41, 5.74) is 1.37. The fourth-order valence-corrected chi connectivity index (χ4v) is 1.18. The van der Waals surface area contributed by atoms with Crippen molar-refractivity contribution in [2.75, 3.05) is 0 Å². The second-order valence-electron chi connectivity index (χ2n) is 2.55. The quantitative estimate of drug-likeness (QED) is 0.613. The molecule has 2 aromatic rings. The molecular weight excluding hydrogens is 152 g/mol. The third kappa shape index (κ3) is 0.823. The first-order valence-corrected chi connectivity index (χ1v) is 3.51. The first kappa shape index (κ1) is 6.74. The highest BCUT2D eigenvalue weighted by Gasteiger charge is 2.01. The highest BCUT2D eigenvalue weighted by Crippen LogP contribution is 2.24. The third-order valence-electron chi connectivity index (χ3n) is 1.79. The first-order valence-electron chi connectivity index (χ1n) is 3.51. The van der Waals surface area contributed by atoms with E-state index < -0.39 is 0 Å². The molecule has 3 heteroatoms. The Morgan fingerprint density at radius 1 is 1.42 bits per heavy atom. The number of fused-ring (bicyclic) bond motifs is 1. The zero-order chi connectivity index (χ0) is 8.55. The van der Waals surface area contributed by atoms with Gasteiger partial charge in [-0.3, -0.25) is 0 Å². The highest BCUT2D eigenvalue weighted by molar-refractivity contribution is 5.86. The summed E-state index contributed by atoms with van der Waals surface area (Å²) >= 11 is 0. The molecule has 1 aromatic carbocycles. The van der Waals surface area contributed by atoms with Gasteiger partial charge in [-0.15, -0.1) is 0 Å². The number of H-pyrrole nitrogens is 1. The van der Waals surface area contributed by atoms with Crippen molar-refractivity contribution in [3.05, 3.63) is 30.0 Å². The molecule has 0 aliphatic heterocycles. The molecule has 0 unspecified atom stereocenters. The van der Waals surface area contributed by atoms with E-state index in [4.69, 9.17) is 5.26 Å². The molecule has 58 valence electrons. The Bertz CT molecular complexity index is 465. The highest BCUT2D eigenvalue weighted by atomic mass is 16.3. The summed E-state index contributed by atoms with van der Waals surface area (Å²) in [4.78, 5) is 2.86. The molecule has 0 saturated heterocycles. The van der Waals surface area contributed by atoms with Gasteiger partial charge in [0.15, 0.2) is 0 Å². The van der Waals surface area contributed by atoms with Crippen LogP contribution in [0.5, 0.6) is 5.75 Å². The van der Waals surface area contributed by atoms with Crippen molar-refractivity contribution in [1.82, 2.24) is 4.98 Å². The van der Waals surface area contributed by atoms with Crippen molar-refractivity contribution in [3.8, 4) is 11.8 Å². The maximum Gasteiger partial charge on any atom is 0.140 e. The summed E-state index contributed by atoms with van der Waals surface area (Å²) in [5.74, 6) is 0.217. The van der Waals surface area contributed by atoms with Crippen LogP contribution >= 0.6 is 0 Å². The molecule has 3 nitrogen and oxygen atoms in total. The molecule has 0 spiro atoms. The van der Waals surface area contributed by atoms with E-state index in [2.05, 4.69) is 4.98 Å². The lowest BCUT2D eigenvalue weighted by Gasteiger charge is -1.90. The van der Waals surface area contributed by atoms with Crippen LogP contribution in [0.4, 0.5) is 0 Å². The number of rotatable bonds is 0. The van der Waals surface area contributed by atoms with Gasteiger partial charge in [0.05, 0.1) is 17.1 Å². The minimum atomic E-state index is 0.217. The van der Waals surface area contributed by atoms with Gasteiger partial charge in [-0.05, 0) is 18.2 Å². The van der Waals surface area contributed by atoms with Gasteiger partial charge in [0, 0.05) is 11.6 Å². The Balaban J connectivity index is 2.80. The molecule has 0 aliphatic rings. The topological polar surface area (TPSA) is 59.8 Å². The predicted octanol–water partition coefficient (Wildman–Crippen LogP) is 1.75. The monoisotopic (exact) mass is 158 g/mol. The van der Waals surface area contributed by atoms with E-state index in [1.807, 2.05) is 6.07 Å². The molecule has 12 heavy (non-hydrogen) atoms. The van der Waals surface area contributed by atoms with Gasteiger partial charge in [-0.2, -0.15) is 5.26 Å². The molecule has 0 aliphatic carbocycles. The SMILES string of the molecule is N#Cc1ccc2c(O)c[nH]c2c1. The molecule has 0 bridgehead atoms. The fourth-order valence-electron chi connectivity index (χ4n) is 1.18. The van der Waals surface area contributed by atoms with Crippen LogP contribution < -0.4 is 0 Å². The number of nitrogens with one attached hydrogen (secondary N) is 1. The zero-order valence-corrected chi connectivity index (χ0v) is 6.20. The Hall–Kier alpha value is -1.95. The fraction of sp³-hybridized carbons (Fsp3) is 0. The minimum absolute atomic E-state index is 0.217. The second kappa shape index (κ2) is 2.28. The van der Waals surface area contributed by atoms with Crippen LogP contribution in [0, 0.1) is 11.3 Å². The average Bonchev–Trinajstić information content (AvgIpc) is 2.47. The van der Waals surface area contributed by atoms with Gasteiger partial charge in [0.1, 0.15) is 5.75 Å². The van der Waals surface area contributed by atoms with Crippen LogP contribution in [0.25, 0.3) is 10.9 Å². The van der Waals surface area contributed by atoms with E-state index in [0.29, 0.717) is 5.56 Å². The van der Waals surface area contributed by atoms with Crippen LogP contribution in [-0.4, -0.2) is 10.1 Å². The molecule has 2 rings (SSSR count). The van der Waals surface area contributed by atoms with E-state index in [1.54, 1.807) is 18.2 Å². The van der Waals surface area contributed by atoms with Crippen LogP contribution in [0.3, 0.4) is 0 Å². The number of nitrogens with zero attached hydrogens (tertiary/aromatic N) is 1. The summed E-state index contributed by atoms with van der Waals surface area (Å²) in [7, 11) is 0. The van der Waals surface area contributed by atoms with E-state index in [1.165, 1.54) is 6.20 Å². The van der Waals surface area contributed by atoms with Gasteiger partial charge < -0.3 is 10.1 Å². The smallest absolute Gasteiger partial charge is 0.140 e. The number of aromatic amines is 1. The molecule has 2 N–H and O–H groups in total. The van der Waals surface area contributed by atoms with Crippen LogP contribution in [0.15, 0.2) is 24.4 Å². The summed E-state index contributed by atoms with van der Waals surface area (Å²) in [5, 5.41) is 18.6. The van der Waals surface area contributed by atoms with Crippen LogP contribution in [-0.2, 0) is 0 Å². The number of benzene rings is 1. The lowest BCUT2D eigenvalue weighted by atomic mass is 10.2. The number of aromatic nitrogens is 1. The third-order valence-corrected chi connectivity index (χ3v) is 1.79. The standard InChI is InChI=1S/C9H6N2O/c10-4-6-1-2-7-8(3-6)11-5-9(7)12/h1-3,5,11-12H. The minimum Gasteiger partial charge on any atom is -0.506 e. The van der Waals surface area contributed by atoms with Crippen molar-refractivity contribution < 1.29 is 5.11 Å². The molecule has 0 radical (unpaired) electrons. The van der Waals surface area contributed by atoms with Crippen molar-refractivity contribution in [2.45, 2.75) is 0 Å². The van der Waals surface area contributed by atoms with Gasteiger partial charge in [-0.25, -0.2) is 0 Å². The van der Waals surface area contributed by atoms with E-state index in [9.17, 15) is 5.11 Å². The molecule has 0 atom stereocenters. The zero-order valence-electron chi connectivity index (χ0n) is 6.20. The van der Waals surface area contributed by atoms with Crippen molar-refractivity contribution >= 4 is 10.9 Å². The molecule has 1 aromatic heterocycles. The Morgan fingerprint density at radius 3 is 3.00 bits per heavy atom. The van der Waals surface area contributed by atoms with E-state index >= 15 is 0 Å². The van der Waals surface area contributed by atoms with Crippen LogP contribution in [0.1, 0.15) is 5.56 Å². The molecule has 0 fully saturated rings. The normalized spacial score (nSPS) is 9.92. The molecule has 0 amide bonds. The van der Waals surface area contributed by atoms with Crippen LogP contribution in [0.2, 0.25) is 0 Å². The van der Waals surface area contributed by atoms with Gasteiger partial charge in [0.2, 0.25) is 0 Å². The van der Waals surface area contributed by atoms with Gasteiger partial charge >= 0.3 is 0 Å². The summed E-state index contributed by atoms with van der Waals surface area (Å²) in [6, 6.07) is 7.13. The lowest BCUT2D eigenvalue weighted by Crippen LogP contribution is -1.72. The summed E-state index contributed by atoms with van der Waals surface area (Å²) in [6.07, 6.45) is 1.51. The molecule has 0 saturated carbocycles. The Kier molecular flexibility index (Phi) is 1.28. The number of hydrogen-bond acceptors (Lipinski definition) is 2. The lowest BCUT2D eigenvalue weighted by molar-refractivity contribution is 0.481. The molecular formula is C9H6N2O. The Labute approximate surface area is 68.9 Å². The van der Waals surface area contributed by atoms with Gasteiger partial charge in [0.25, 0.3) is 0 Å². The largest absolute Gasteiger partial charge is 0.506 e. The van der Waals surface area contributed by atoms with Crippen molar-refractivity contribution in [1.29, 1.82) is 5.26 Å². The number of nitriles is 1. The van der Waals surface area contributed by atoms with E-state index in [-0.39, 0.29) is 5.75 Å². The van der Waals surface area contributed by atoms with Crippen molar-refractivity contribution in [2.24, 2.45) is 0 Å². The Morgan fingerprint density at radius 2 is 2.25 bits per heavy atom. The van der Waals surface area contributed by atoms with Crippen molar-refractivity contribution in [3.63, 3.8) is 0 Å². The predicted molar refractivity (Wildman–Crippen MR) is 44.7 cm³/mol. The number of hydrogen-bond donors (Lipinski definition) is 2. The summed E-state index contributed by atoms with van der Waals surface area (Å²) < 4.78 is 0.